The van der Waals surface area contributed by atoms with Gasteiger partial charge in [-0.1, -0.05) is 58.4 Å². The van der Waals surface area contributed by atoms with E-state index in [2.05, 4.69) is 32.2 Å². The molecule has 0 aromatic heterocycles. The van der Waals surface area contributed by atoms with Crippen molar-refractivity contribution in [3.8, 4) is 5.75 Å². The first kappa shape index (κ1) is 22.3. The lowest BCUT2D eigenvalue weighted by atomic mass is 9.85. The average molecular weight is 416 g/mol. The van der Waals surface area contributed by atoms with Crippen LogP contribution in [0.1, 0.15) is 57.7 Å². The summed E-state index contributed by atoms with van der Waals surface area (Å²) in [4.78, 5) is 12.5. The van der Waals surface area contributed by atoms with E-state index in [9.17, 15) is 13.6 Å². The second-order valence-corrected chi connectivity index (χ2v) is 10.1. The highest BCUT2D eigenvalue weighted by atomic mass is 19.1. The zero-order chi connectivity index (χ0) is 22.3. The minimum Gasteiger partial charge on any atom is -0.483 e. The van der Waals surface area contributed by atoms with Gasteiger partial charge in [0.2, 0.25) is 0 Å². The highest BCUT2D eigenvalue weighted by Crippen LogP contribution is 2.64. The number of aryl methyl sites for hydroxylation is 1. The molecular formula is C25H31F2NO2. The van der Waals surface area contributed by atoms with Gasteiger partial charge < -0.3 is 10.1 Å². The van der Waals surface area contributed by atoms with E-state index in [-0.39, 0.29) is 29.9 Å². The standard InChI is InChI=1S/C25H31F2NO2/c1-16-7-10-21(19(11-16)23(2,3)4)30-13-22(29)28-15-25(14-24(25,5)6)18-9-8-17(26)12-20(18)27/h7-12H,13-15H2,1-6H3,(H,28,29). The number of hydrogen-bond donors (Lipinski definition) is 1. The zero-order valence-electron chi connectivity index (χ0n) is 18.7. The van der Waals surface area contributed by atoms with Crippen molar-refractivity contribution < 1.29 is 18.3 Å². The summed E-state index contributed by atoms with van der Waals surface area (Å²) >= 11 is 0. The second kappa shape index (κ2) is 7.68. The Morgan fingerprint density at radius 1 is 1.13 bits per heavy atom. The number of rotatable bonds is 6. The number of carbonyl (C=O) groups excluding carboxylic acids is 1. The van der Waals surface area contributed by atoms with Gasteiger partial charge in [0.1, 0.15) is 17.4 Å². The van der Waals surface area contributed by atoms with E-state index in [4.69, 9.17) is 4.74 Å². The van der Waals surface area contributed by atoms with Gasteiger partial charge in [0, 0.05) is 18.0 Å². The third-order valence-electron chi connectivity index (χ3n) is 6.25. The predicted molar refractivity (Wildman–Crippen MR) is 115 cm³/mol. The van der Waals surface area contributed by atoms with E-state index in [1.54, 1.807) is 0 Å². The maximum Gasteiger partial charge on any atom is 0.257 e. The number of hydrogen-bond acceptors (Lipinski definition) is 2. The Morgan fingerprint density at radius 3 is 2.37 bits per heavy atom. The molecule has 162 valence electrons. The summed E-state index contributed by atoms with van der Waals surface area (Å²) in [6.07, 6.45) is 0.718. The molecule has 1 aliphatic rings. The van der Waals surface area contributed by atoms with Crippen molar-refractivity contribution in [1.29, 1.82) is 0 Å². The molecule has 1 N–H and O–H groups in total. The topological polar surface area (TPSA) is 38.3 Å². The van der Waals surface area contributed by atoms with Crippen molar-refractivity contribution in [3.05, 3.63) is 64.7 Å². The molecule has 0 spiro atoms. The molecule has 0 bridgehead atoms. The predicted octanol–water partition coefficient (Wildman–Crippen LogP) is 5.43. The van der Waals surface area contributed by atoms with Gasteiger partial charge in [0.15, 0.2) is 6.61 Å². The quantitative estimate of drug-likeness (QED) is 0.683. The lowest BCUT2D eigenvalue weighted by Crippen LogP contribution is -2.38. The summed E-state index contributed by atoms with van der Waals surface area (Å²) in [5.41, 5.74) is 1.79. The van der Waals surface area contributed by atoms with E-state index in [0.717, 1.165) is 23.6 Å². The molecule has 30 heavy (non-hydrogen) atoms. The molecule has 1 atom stereocenters. The van der Waals surface area contributed by atoms with Crippen LogP contribution in [0.15, 0.2) is 36.4 Å². The second-order valence-electron chi connectivity index (χ2n) is 10.1. The molecule has 0 radical (unpaired) electrons. The van der Waals surface area contributed by atoms with Gasteiger partial charge in [-0.05, 0) is 47.4 Å². The maximum atomic E-state index is 14.4. The Hall–Kier alpha value is -2.43. The number of ether oxygens (including phenoxy) is 1. The first-order chi connectivity index (χ1) is 13.9. The molecule has 1 aliphatic carbocycles. The van der Waals surface area contributed by atoms with Gasteiger partial charge in [-0.3, -0.25) is 4.79 Å². The van der Waals surface area contributed by atoms with Gasteiger partial charge in [-0.25, -0.2) is 8.78 Å². The van der Waals surface area contributed by atoms with Gasteiger partial charge in [-0.2, -0.15) is 0 Å². The van der Waals surface area contributed by atoms with E-state index < -0.39 is 17.0 Å². The van der Waals surface area contributed by atoms with E-state index in [1.165, 1.54) is 12.1 Å². The molecule has 0 aliphatic heterocycles. The van der Waals surface area contributed by atoms with Crippen molar-refractivity contribution in [2.45, 2.75) is 58.8 Å². The van der Waals surface area contributed by atoms with Crippen LogP contribution in [-0.2, 0) is 15.6 Å². The average Bonchev–Trinajstić information content (AvgIpc) is 3.19. The SMILES string of the molecule is Cc1ccc(OCC(=O)NCC2(c3ccc(F)cc3F)CC2(C)C)c(C(C)(C)C)c1. The minimum absolute atomic E-state index is 0.111. The number of halogens is 2. The first-order valence-electron chi connectivity index (χ1n) is 10.3. The van der Waals surface area contributed by atoms with Crippen LogP contribution in [0.2, 0.25) is 0 Å². The van der Waals surface area contributed by atoms with Gasteiger partial charge in [0.25, 0.3) is 5.91 Å². The molecule has 5 heteroatoms. The molecule has 1 saturated carbocycles. The van der Waals surface area contributed by atoms with Crippen molar-refractivity contribution in [3.63, 3.8) is 0 Å². The fourth-order valence-corrected chi connectivity index (χ4v) is 4.24. The van der Waals surface area contributed by atoms with Crippen LogP contribution in [0.4, 0.5) is 8.78 Å². The van der Waals surface area contributed by atoms with Gasteiger partial charge >= 0.3 is 0 Å². The number of nitrogens with one attached hydrogen (secondary N) is 1. The smallest absolute Gasteiger partial charge is 0.257 e. The van der Waals surface area contributed by atoms with Crippen LogP contribution in [0.25, 0.3) is 0 Å². The first-order valence-corrected chi connectivity index (χ1v) is 10.3. The molecule has 2 aromatic rings. The van der Waals surface area contributed by atoms with Crippen LogP contribution in [0, 0.1) is 24.0 Å². The minimum atomic E-state index is -0.602. The largest absolute Gasteiger partial charge is 0.483 e. The molecule has 3 rings (SSSR count). The monoisotopic (exact) mass is 415 g/mol. The number of carbonyl (C=O) groups is 1. The molecule has 1 amide bonds. The van der Waals surface area contributed by atoms with Crippen molar-refractivity contribution in [2.24, 2.45) is 5.41 Å². The summed E-state index contributed by atoms with van der Waals surface area (Å²) in [6.45, 7) is 12.6. The molecular weight excluding hydrogens is 384 g/mol. The fourth-order valence-electron chi connectivity index (χ4n) is 4.24. The lowest BCUT2D eigenvalue weighted by molar-refractivity contribution is -0.123. The molecule has 2 aromatic carbocycles. The Morgan fingerprint density at radius 2 is 1.80 bits per heavy atom. The normalized spacial score (nSPS) is 20.0. The van der Waals surface area contributed by atoms with Crippen LogP contribution in [0.5, 0.6) is 5.75 Å². The number of benzene rings is 2. The van der Waals surface area contributed by atoms with Crippen molar-refractivity contribution in [1.82, 2.24) is 5.32 Å². The summed E-state index contributed by atoms with van der Waals surface area (Å²) in [6, 6.07) is 9.59. The Labute approximate surface area is 177 Å². The highest BCUT2D eigenvalue weighted by molar-refractivity contribution is 5.78. The van der Waals surface area contributed by atoms with Crippen molar-refractivity contribution in [2.75, 3.05) is 13.2 Å². The Bertz CT molecular complexity index is 962. The zero-order valence-corrected chi connectivity index (χ0v) is 18.7. The van der Waals surface area contributed by atoms with E-state index in [0.29, 0.717) is 11.3 Å². The molecule has 3 nitrogen and oxygen atoms in total. The Balaban J connectivity index is 1.68. The maximum absolute atomic E-state index is 14.4. The molecule has 0 saturated heterocycles. The van der Waals surface area contributed by atoms with Gasteiger partial charge in [-0.15, -0.1) is 0 Å². The summed E-state index contributed by atoms with van der Waals surface area (Å²) in [7, 11) is 0. The van der Waals surface area contributed by atoms with Crippen LogP contribution < -0.4 is 10.1 Å². The third kappa shape index (κ3) is 4.35. The highest BCUT2D eigenvalue weighted by Gasteiger charge is 2.62. The summed E-state index contributed by atoms with van der Waals surface area (Å²) < 4.78 is 33.6. The van der Waals surface area contributed by atoms with Crippen LogP contribution >= 0.6 is 0 Å². The van der Waals surface area contributed by atoms with Gasteiger partial charge in [0.05, 0.1) is 0 Å². The van der Waals surface area contributed by atoms with E-state index in [1.807, 2.05) is 32.9 Å². The van der Waals surface area contributed by atoms with Crippen LogP contribution in [-0.4, -0.2) is 19.1 Å². The summed E-state index contributed by atoms with van der Waals surface area (Å²) in [5.74, 6) is -0.745. The third-order valence-corrected chi connectivity index (χ3v) is 6.25. The number of amides is 1. The van der Waals surface area contributed by atoms with Crippen molar-refractivity contribution >= 4 is 5.91 Å². The van der Waals surface area contributed by atoms with Crippen LogP contribution in [0.3, 0.4) is 0 Å². The summed E-state index contributed by atoms with van der Waals surface area (Å²) in [5, 5.41) is 2.90. The fraction of sp³-hybridized carbons (Fsp3) is 0.480. The Kier molecular flexibility index (Phi) is 5.70. The molecule has 1 fully saturated rings. The van der Waals surface area contributed by atoms with E-state index >= 15 is 0 Å². The lowest BCUT2D eigenvalue weighted by Gasteiger charge is -2.24. The molecule has 0 heterocycles. The molecule has 1 unspecified atom stereocenters.